The molecule has 5 nitrogen and oxygen atoms in total. The van der Waals surface area contributed by atoms with Crippen molar-refractivity contribution in [1.29, 1.82) is 0 Å². The van der Waals surface area contributed by atoms with Gasteiger partial charge in [-0.05, 0) is 43.0 Å². The first-order chi connectivity index (χ1) is 11.4. The van der Waals surface area contributed by atoms with Gasteiger partial charge in [-0.2, -0.15) is 0 Å². The lowest BCUT2D eigenvalue weighted by molar-refractivity contribution is 0.102. The number of fused-ring (bicyclic) bond motifs is 1. The second-order valence-corrected chi connectivity index (χ2v) is 6.67. The minimum Gasteiger partial charge on any atom is -0.505 e. The number of nitrogens with one attached hydrogen (secondary N) is 1. The van der Waals surface area contributed by atoms with Gasteiger partial charge in [0.1, 0.15) is 5.56 Å². The van der Waals surface area contributed by atoms with Crippen molar-refractivity contribution in [3.8, 4) is 5.75 Å². The standard InChI is InChI=1S/C17H15ClN2O3S/c1-3-20-12-6-7-24-15(12)14(21)13(17(20)23)16(22)19-11-5-4-9(2)8-10(11)18/h4-8,21H,3H2,1-2H3,(H,19,22). The molecule has 2 N–H and O–H groups in total. The van der Waals surface area contributed by atoms with Crippen molar-refractivity contribution < 1.29 is 9.90 Å². The molecule has 0 aliphatic carbocycles. The molecule has 1 aromatic carbocycles. The molecule has 0 unspecified atom stereocenters. The highest BCUT2D eigenvalue weighted by Crippen LogP contribution is 2.32. The first-order valence-electron chi connectivity index (χ1n) is 7.34. The van der Waals surface area contributed by atoms with Gasteiger partial charge in [0.15, 0.2) is 5.75 Å². The molecule has 0 fully saturated rings. The van der Waals surface area contributed by atoms with Gasteiger partial charge < -0.3 is 15.0 Å². The fraction of sp³-hybridized carbons (Fsp3) is 0.176. The molecule has 3 rings (SSSR count). The van der Waals surface area contributed by atoms with Gasteiger partial charge in [0.05, 0.1) is 20.9 Å². The van der Waals surface area contributed by atoms with Crippen LogP contribution in [0.2, 0.25) is 5.02 Å². The van der Waals surface area contributed by atoms with Crippen molar-refractivity contribution in [2.45, 2.75) is 20.4 Å². The molecule has 1 amide bonds. The number of carbonyl (C=O) groups excluding carboxylic acids is 1. The highest BCUT2D eigenvalue weighted by atomic mass is 35.5. The van der Waals surface area contributed by atoms with Crippen LogP contribution in [0.15, 0.2) is 34.4 Å². The lowest BCUT2D eigenvalue weighted by Gasteiger charge is -2.12. The molecule has 7 heteroatoms. The fourth-order valence-electron chi connectivity index (χ4n) is 2.58. The van der Waals surface area contributed by atoms with E-state index >= 15 is 0 Å². The van der Waals surface area contributed by atoms with Crippen molar-refractivity contribution in [2.75, 3.05) is 5.32 Å². The largest absolute Gasteiger partial charge is 0.505 e. The van der Waals surface area contributed by atoms with E-state index in [1.807, 2.05) is 13.8 Å². The summed E-state index contributed by atoms with van der Waals surface area (Å²) >= 11 is 7.40. The Morgan fingerprint density at radius 1 is 1.38 bits per heavy atom. The zero-order valence-corrected chi connectivity index (χ0v) is 14.7. The first kappa shape index (κ1) is 16.5. The number of carbonyl (C=O) groups is 1. The Kier molecular flexibility index (Phi) is 4.34. The third-order valence-electron chi connectivity index (χ3n) is 3.76. The van der Waals surface area contributed by atoms with E-state index < -0.39 is 11.5 Å². The number of aromatic nitrogens is 1. The lowest BCUT2D eigenvalue weighted by Crippen LogP contribution is -2.29. The average Bonchev–Trinajstić information content (AvgIpc) is 3.00. The maximum Gasteiger partial charge on any atom is 0.267 e. The number of nitrogens with zero attached hydrogens (tertiary/aromatic N) is 1. The molecule has 0 spiro atoms. The van der Waals surface area contributed by atoms with E-state index in [1.165, 1.54) is 15.9 Å². The third-order valence-corrected chi connectivity index (χ3v) is 4.99. The third kappa shape index (κ3) is 2.68. The summed E-state index contributed by atoms with van der Waals surface area (Å²) in [4.78, 5) is 25.2. The molecule has 2 aromatic heterocycles. The topological polar surface area (TPSA) is 71.3 Å². The predicted molar refractivity (Wildman–Crippen MR) is 97.6 cm³/mol. The molecule has 2 heterocycles. The number of pyridine rings is 1. The van der Waals surface area contributed by atoms with Gasteiger partial charge in [-0.25, -0.2) is 0 Å². The monoisotopic (exact) mass is 362 g/mol. The number of benzene rings is 1. The van der Waals surface area contributed by atoms with Crippen LogP contribution in [-0.2, 0) is 6.54 Å². The van der Waals surface area contributed by atoms with Crippen LogP contribution in [0.5, 0.6) is 5.75 Å². The van der Waals surface area contributed by atoms with Crippen LogP contribution < -0.4 is 10.9 Å². The van der Waals surface area contributed by atoms with Crippen LogP contribution in [-0.4, -0.2) is 15.6 Å². The Morgan fingerprint density at radius 3 is 2.79 bits per heavy atom. The maximum absolute atomic E-state index is 12.6. The van der Waals surface area contributed by atoms with Crippen molar-refractivity contribution in [3.63, 3.8) is 0 Å². The zero-order valence-electron chi connectivity index (χ0n) is 13.1. The van der Waals surface area contributed by atoms with Gasteiger partial charge in [-0.3, -0.25) is 9.59 Å². The minimum atomic E-state index is -0.680. The molecule has 0 saturated heterocycles. The summed E-state index contributed by atoms with van der Waals surface area (Å²) < 4.78 is 1.98. The summed E-state index contributed by atoms with van der Waals surface area (Å²) in [6.07, 6.45) is 0. The molecular weight excluding hydrogens is 348 g/mol. The number of thiophene rings is 1. The number of rotatable bonds is 3. The van der Waals surface area contributed by atoms with Crippen molar-refractivity contribution >= 4 is 44.7 Å². The number of amides is 1. The quantitative estimate of drug-likeness (QED) is 0.739. The Morgan fingerprint density at radius 2 is 2.12 bits per heavy atom. The molecule has 0 aliphatic heterocycles. The van der Waals surface area contributed by atoms with Crippen LogP contribution in [0, 0.1) is 6.92 Å². The highest BCUT2D eigenvalue weighted by molar-refractivity contribution is 7.17. The Hall–Kier alpha value is -2.31. The lowest BCUT2D eigenvalue weighted by atomic mass is 10.2. The molecule has 0 bridgehead atoms. The molecule has 0 atom stereocenters. The SMILES string of the molecule is CCn1c(=O)c(C(=O)Nc2ccc(C)cc2Cl)c(O)c2sccc21. The van der Waals surface area contributed by atoms with E-state index in [0.29, 0.717) is 27.5 Å². The van der Waals surface area contributed by atoms with Gasteiger partial charge in [-0.1, -0.05) is 17.7 Å². The number of hydrogen-bond acceptors (Lipinski definition) is 4. The molecule has 0 saturated carbocycles. The fourth-order valence-corrected chi connectivity index (χ4v) is 3.70. The highest BCUT2D eigenvalue weighted by Gasteiger charge is 2.23. The van der Waals surface area contributed by atoms with Crippen LogP contribution in [0.4, 0.5) is 5.69 Å². The van der Waals surface area contributed by atoms with Crippen molar-refractivity contribution in [1.82, 2.24) is 4.57 Å². The number of aromatic hydroxyl groups is 1. The van der Waals surface area contributed by atoms with E-state index in [1.54, 1.807) is 29.6 Å². The van der Waals surface area contributed by atoms with E-state index in [9.17, 15) is 14.7 Å². The van der Waals surface area contributed by atoms with Gasteiger partial charge in [0.25, 0.3) is 11.5 Å². The molecule has 0 aliphatic rings. The van der Waals surface area contributed by atoms with Crippen molar-refractivity contribution in [2.24, 2.45) is 0 Å². The van der Waals surface area contributed by atoms with Crippen LogP contribution >= 0.6 is 22.9 Å². The molecule has 124 valence electrons. The molecule has 3 aromatic rings. The smallest absolute Gasteiger partial charge is 0.267 e. The minimum absolute atomic E-state index is 0.275. The van der Waals surface area contributed by atoms with Crippen LogP contribution in [0.3, 0.4) is 0 Å². The number of hydrogen-bond donors (Lipinski definition) is 2. The Labute approximate surface area is 147 Å². The maximum atomic E-state index is 12.6. The van der Waals surface area contributed by atoms with Crippen molar-refractivity contribution in [3.05, 3.63) is 56.1 Å². The Bertz CT molecular complexity index is 1010. The predicted octanol–water partition coefficient (Wildman–Crippen LogP) is 4.00. The van der Waals surface area contributed by atoms with Gasteiger partial charge in [0, 0.05) is 6.54 Å². The molecular formula is C17H15ClN2O3S. The first-order valence-corrected chi connectivity index (χ1v) is 8.60. The normalized spacial score (nSPS) is 11.0. The second kappa shape index (κ2) is 6.30. The van der Waals surface area contributed by atoms with Gasteiger partial charge in [-0.15, -0.1) is 11.3 Å². The summed E-state index contributed by atoms with van der Waals surface area (Å²) in [5.74, 6) is -0.976. The molecule has 24 heavy (non-hydrogen) atoms. The van der Waals surface area contributed by atoms with E-state index in [0.717, 1.165) is 5.56 Å². The zero-order chi connectivity index (χ0) is 17.4. The van der Waals surface area contributed by atoms with Crippen LogP contribution in [0.25, 0.3) is 10.2 Å². The second-order valence-electron chi connectivity index (χ2n) is 5.35. The van der Waals surface area contributed by atoms with E-state index in [2.05, 4.69) is 5.32 Å². The number of halogens is 1. The summed E-state index contributed by atoms with van der Waals surface area (Å²) in [6, 6.07) is 6.93. The van der Waals surface area contributed by atoms with E-state index in [-0.39, 0.29) is 11.3 Å². The Balaban J connectivity index is 2.11. The summed E-state index contributed by atoms with van der Waals surface area (Å²) in [5.41, 5.74) is 1.16. The molecule has 0 radical (unpaired) electrons. The summed E-state index contributed by atoms with van der Waals surface area (Å²) in [6.45, 7) is 4.10. The number of aryl methyl sites for hydroxylation is 2. The van der Waals surface area contributed by atoms with E-state index in [4.69, 9.17) is 11.6 Å². The van der Waals surface area contributed by atoms with Gasteiger partial charge >= 0.3 is 0 Å². The number of anilines is 1. The van der Waals surface area contributed by atoms with Crippen LogP contribution in [0.1, 0.15) is 22.8 Å². The average molecular weight is 363 g/mol. The summed E-state index contributed by atoms with van der Waals surface area (Å²) in [7, 11) is 0. The van der Waals surface area contributed by atoms with Gasteiger partial charge in [0.2, 0.25) is 0 Å². The summed E-state index contributed by atoms with van der Waals surface area (Å²) in [5, 5.41) is 15.2.